The van der Waals surface area contributed by atoms with Crippen molar-refractivity contribution in [1.82, 2.24) is 10.4 Å². The van der Waals surface area contributed by atoms with E-state index in [0.717, 1.165) is 122 Å². The maximum absolute atomic E-state index is 13.5. The van der Waals surface area contributed by atoms with Crippen molar-refractivity contribution in [1.29, 1.82) is 0 Å². The van der Waals surface area contributed by atoms with Crippen LogP contribution in [-0.2, 0) is 33.4 Å². The van der Waals surface area contributed by atoms with Gasteiger partial charge in [-0.3, -0.25) is 20.2 Å². The van der Waals surface area contributed by atoms with E-state index >= 15 is 0 Å². The number of hydroxylamine groups is 1. The van der Waals surface area contributed by atoms with Crippen molar-refractivity contribution in [2.24, 2.45) is 16.6 Å². The number of nitrogens with one attached hydrogen (secondary N) is 1. The number of nitrogens with two attached hydrogens (primary N) is 1. The van der Waals surface area contributed by atoms with Crippen LogP contribution in [0.15, 0.2) is 4.99 Å². The van der Waals surface area contributed by atoms with E-state index in [0.29, 0.717) is 31.8 Å². The molecule has 3 N–H and O–H groups in total. The van der Waals surface area contributed by atoms with E-state index in [9.17, 15) is 19.2 Å². The van der Waals surface area contributed by atoms with Crippen molar-refractivity contribution in [3.8, 4) is 0 Å². The zero-order valence-electron chi connectivity index (χ0n) is 46.9. The number of carbonyl (C=O) groups is 4. The molecule has 0 unspecified atom stereocenters. The first-order valence-corrected chi connectivity index (χ1v) is 28.8. The molecule has 0 saturated heterocycles. The maximum atomic E-state index is 13.5. The van der Waals surface area contributed by atoms with Crippen LogP contribution in [0.5, 0.6) is 0 Å². The maximum Gasteiger partial charge on any atom is 0.438 e. The van der Waals surface area contributed by atoms with Crippen LogP contribution in [0, 0.1) is 5.92 Å². The molecule has 0 aliphatic rings. The highest BCUT2D eigenvalue weighted by Crippen LogP contribution is 2.25. The first-order valence-electron chi connectivity index (χ1n) is 28.8. The van der Waals surface area contributed by atoms with Gasteiger partial charge < -0.3 is 18.9 Å². The minimum Gasteiger partial charge on any atom is -0.466 e. The minimum absolute atomic E-state index is 0.0322. The van der Waals surface area contributed by atoms with Gasteiger partial charge in [-0.05, 0) is 98.3 Å². The van der Waals surface area contributed by atoms with Crippen LogP contribution in [0.1, 0.15) is 293 Å². The Kier molecular flexibility index (Phi) is 42.9. The van der Waals surface area contributed by atoms with Crippen molar-refractivity contribution in [2.45, 2.75) is 310 Å². The number of esters is 2. The van der Waals surface area contributed by atoms with E-state index in [1.54, 1.807) is 20.8 Å². The Labute approximate surface area is 429 Å². The van der Waals surface area contributed by atoms with Gasteiger partial charge in [0.05, 0.1) is 13.7 Å². The SMILES string of the molecule is CCCCCCCCCOC(=O)CCCCCCC[C@@H](CCCCCCCC(=O)OC(CCCCCCCC)CCCCCCCC)CCCN(C(=O)OC(C)(C)C)C(=NC(=O)OC(C)(C)N)NOC. The molecule has 0 fully saturated rings. The number of ether oxygens (including phenoxy) is 4. The van der Waals surface area contributed by atoms with Gasteiger partial charge in [-0.15, -0.1) is 4.99 Å². The van der Waals surface area contributed by atoms with E-state index in [4.69, 9.17) is 29.5 Å². The minimum atomic E-state index is -1.27. The summed E-state index contributed by atoms with van der Waals surface area (Å²) in [6.07, 6.45) is 38.7. The summed E-state index contributed by atoms with van der Waals surface area (Å²) in [5, 5.41) is 0. The number of hydrogen-bond donors (Lipinski definition) is 2. The molecule has 13 heteroatoms. The number of carbonyl (C=O) groups excluding carboxylic acids is 4. The number of rotatable bonds is 45. The molecule has 1 atom stereocenters. The van der Waals surface area contributed by atoms with Gasteiger partial charge in [-0.2, -0.15) is 0 Å². The Morgan fingerprint density at radius 1 is 0.529 bits per heavy atom. The monoisotopic (exact) mass is 995 g/mol. The molecular weight excluding hydrogens is 885 g/mol. The molecule has 412 valence electrons. The highest BCUT2D eigenvalue weighted by atomic mass is 16.6. The summed E-state index contributed by atoms with van der Waals surface area (Å²) >= 11 is 0. The van der Waals surface area contributed by atoms with Crippen molar-refractivity contribution >= 4 is 30.1 Å². The lowest BCUT2D eigenvalue weighted by Crippen LogP contribution is -2.48. The second-order valence-electron chi connectivity index (χ2n) is 21.5. The summed E-state index contributed by atoms with van der Waals surface area (Å²) < 4.78 is 22.5. The van der Waals surface area contributed by atoms with E-state index in [1.807, 2.05) is 0 Å². The van der Waals surface area contributed by atoms with Gasteiger partial charge in [0, 0.05) is 19.4 Å². The Bertz CT molecular complexity index is 1300. The molecule has 0 saturated carbocycles. The normalized spacial score (nSPS) is 12.5. The number of hydrogen-bond acceptors (Lipinski definition) is 10. The van der Waals surface area contributed by atoms with Gasteiger partial charge in [0.15, 0.2) is 5.72 Å². The standard InChI is InChI=1S/C57H110N4O9/c1-10-13-16-19-22-31-38-48-67-51(62)45-36-29-23-25-32-40-49(42-39-47-61(55(65)70-56(4,5)6)53(60-66-9)59-54(64)69-57(7,8)58)41-33-26-24-30-37-46-52(63)68-50(43-34-27-20-17-14-11-2)44-35-28-21-18-15-12-3/h49-50H,10-48,58H2,1-9H3,(H,59,60,64)/t49-/m0/s1. The Morgan fingerprint density at radius 2 is 0.943 bits per heavy atom. The largest absolute Gasteiger partial charge is 0.466 e. The van der Waals surface area contributed by atoms with Crippen molar-refractivity contribution < 1.29 is 43.0 Å². The van der Waals surface area contributed by atoms with E-state index in [1.165, 1.54) is 122 Å². The molecule has 0 bridgehead atoms. The van der Waals surface area contributed by atoms with Gasteiger partial charge in [0.25, 0.3) is 0 Å². The summed E-state index contributed by atoms with van der Waals surface area (Å²) in [6.45, 7) is 15.9. The highest BCUT2D eigenvalue weighted by molar-refractivity contribution is 5.98. The van der Waals surface area contributed by atoms with E-state index in [2.05, 4.69) is 31.2 Å². The molecule has 2 amide bonds. The molecular formula is C57H110N4O9. The van der Waals surface area contributed by atoms with Crippen molar-refractivity contribution in [3.63, 3.8) is 0 Å². The summed E-state index contributed by atoms with van der Waals surface area (Å²) in [6, 6.07) is 0. The van der Waals surface area contributed by atoms with Gasteiger partial charge in [0.1, 0.15) is 11.7 Å². The smallest absolute Gasteiger partial charge is 0.438 e. The average Bonchev–Trinajstić information content (AvgIpc) is 3.28. The van der Waals surface area contributed by atoms with Crippen LogP contribution < -0.4 is 11.2 Å². The fourth-order valence-electron chi connectivity index (χ4n) is 8.73. The Balaban J connectivity index is 5.34. The Morgan fingerprint density at radius 3 is 1.40 bits per heavy atom. The number of amides is 2. The molecule has 0 spiro atoms. The van der Waals surface area contributed by atoms with Crippen LogP contribution in [0.2, 0.25) is 0 Å². The summed E-state index contributed by atoms with van der Waals surface area (Å²) in [5.74, 6) is 0.187. The molecule has 0 aliphatic carbocycles. The average molecular weight is 996 g/mol. The molecule has 0 rings (SSSR count). The topological polar surface area (TPSA) is 168 Å². The van der Waals surface area contributed by atoms with Crippen molar-refractivity contribution in [2.75, 3.05) is 20.3 Å². The molecule has 0 aromatic rings. The van der Waals surface area contributed by atoms with Gasteiger partial charge >= 0.3 is 24.1 Å². The fourth-order valence-corrected chi connectivity index (χ4v) is 8.73. The molecule has 70 heavy (non-hydrogen) atoms. The first-order chi connectivity index (χ1) is 33.5. The first kappa shape index (κ1) is 67.1. The zero-order chi connectivity index (χ0) is 52.1. The quantitative estimate of drug-likeness (QED) is 0.0113. The second kappa shape index (κ2) is 44.7. The molecule has 0 aromatic heterocycles. The molecule has 0 radical (unpaired) electrons. The Hall–Kier alpha value is -2.93. The number of nitrogens with zero attached hydrogens (tertiary/aromatic N) is 2. The van der Waals surface area contributed by atoms with E-state index in [-0.39, 0.29) is 30.5 Å². The fraction of sp³-hybridized carbons (Fsp3) is 0.912. The molecule has 0 aromatic carbocycles. The summed E-state index contributed by atoms with van der Waals surface area (Å²) in [7, 11) is 1.37. The highest BCUT2D eigenvalue weighted by Gasteiger charge is 2.28. The molecule has 0 heterocycles. The number of aliphatic imine (C=N–C) groups is 1. The van der Waals surface area contributed by atoms with Crippen LogP contribution in [0.25, 0.3) is 0 Å². The van der Waals surface area contributed by atoms with Crippen LogP contribution in [-0.4, -0.2) is 72.7 Å². The summed E-state index contributed by atoms with van der Waals surface area (Å²) in [4.78, 5) is 61.9. The summed E-state index contributed by atoms with van der Waals surface area (Å²) in [5.41, 5.74) is 6.41. The third kappa shape index (κ3) is 43.8. The molecule has 13 nitrogen and oxygen atoms in total. The van der Waals surface area contributed by atoms with Gasteiger partial charge in [-0.25, -0.2) is 20.0 Å². The lowest BCUT2D eigenvalue weighted by atomic mass is 9.90. The third-order valence-electron chi connectivity index (χ3n) is 12.7. The molecule has 0 aliphatic heterocycles. The lowest BCUT2D eigenvalue weighted by Gasteiger charge is -2.28. The van der Waals surface area contributed by atoms with Crippen LogP contribution in [0.4, 0.5) is 9.59 Å². The number of guanidine groups is 1. The predicted octanol–water partition coefficient (Wildman–Crippen LogP) is 16.1. The van der Waals surface area contributed by atoms with Gasteiger partial charge in [0.2, 0.25) is 5.96 Å². The van der Waals surface area contributed by atoms with Gasteiger partial charge in [-0.1, -0.05) is 188 Å². The predicted molar refractivity (Wildman–Crippen MR) is 287 cm³/mol. The zero-order valence-corrected chi connectivity index (χ0v) is 46.9. The lowest BCUT2D eigenvalue weighted by molar-refractivity contribution is -0.150. The second-order valence-corrected chi connectivity index (χ2v) is 21.5. The van der Waals surface area contributed by atoms with Crippen LogP contribution in [0.3, 0.4) is 0 Å². The van der Waals surface area contributed by atoms with Crippen molar-refractivity contribution in [3.05, 3.63) is 0 Å². The van der Waals surface area contributed by atoms with Crippen LogP contribution >= 0.6 is 0 Å². The third-order valence-corrected chi connectivity index (χ3v) is 12.7. The van der Waals surface area contributed by atoms with E-state index < -0.39 is 23.5 Å². The number of unbranched alkanes of at least 4 members (excludes halogenated alkanes) is 24.